The summed E-state index contributed by atoms with van der Waals surface area (Å²) in [6, 6.07) is 42.0. The lowest BCUT2D eigenvalue weighted by molar-refractivity contribution is 0.809. The summed E-state index contributed by atoms with van der Waals surface area (Å²) < 4.78 is 0. The van der Waals surface area contributed by atoms with Gasteiger partial charge < -0.3 is 0 Å². The van der Waals surface area contributed by atoms with E-state index in [2.05, 4.69) is 388 Å². The summed E-state index contributed by atoms with van der Waals surface area (Å²) >= 11 is 0. The first-order valence-corrected chi connectivity index (χ1v) is 52.7. The largest absolute Gasteiger partial charge is 0.0701 e. The fourth-order valence-electron chi connectivity index (χ4n) is 18.1. The van der Waals surface area contributed by atoms with Gasteiger partial charge in [-0.2, -0.15) is 0 Å². The first-order valence-electron chi connectivity index (χ1n) is 44.7. The molecular formula is C108H160Si4. The summed E-state index contributed by atoms with van der Waals surface area (Å²) in [5.41, 5.74) is 36.9. The van der Waals surface area contributed by atoms with E-state index >= 15 is 0 Å². The van der Waals surface area contributed by atoms with E-state index in [0.717, 1.165) is 0 Å². The molecule has 0 unspecified atom stereocenters. The molecule has 4 heteroatoms. The van der Waals surface area contributed by atoms with Crippen molar-refractivity contribution in [2.24, 2.45) is 0 Å². The predicted octanol–water partition coefficient (Wildman–Crippen LogP) is 27.4. The van der Waals surface area contributed by atoms with Gasteiger partial charge in [-0.25, -0.2) is 0 Å². The van der Waals surface area contributed by atoms with Crippen LogP contribution in [-0.2, 0) is 0 Å². The lowest BCUT2D eigenvalue weighted by atomic mass is 9.89. The molecule has 0 heterocycles. The maximum Gasteiger partial charge on any atom is 0.0701 e. The number of hydrogen-bond acceptors (Lipinski definition) is 0. The zero-order valence-electron chi connectivity index (χ0n) is 79.6. The van der Waals surface area contributed by atoms with E-state index in [-0.39, 0.29) is 0 Å². The molecule has 0 amide bonds. The van der Waals surface area contributed by atoms with Crippen molar-refractivity contribution in [2.45, 2.75) is 397 Å². The molecule has 608 valence electrons. The lowest BCUT2D eigenvalue weighted by Crippen LogP contribution is -2.58. The van der Waals surface area contributed by atoms with Gasteiger partial charge in [-0.05, 0) is 312 Å². The van der Waals surface area contributed by atoms with Crippen molar-refractivity contribution in [3.8, 4) is 0 Å². The van der Waals surface area contributed by atoms with Crippen LogP contribution in [0.15, 0.2) is 97.1 Å². The van der Waals surface area contributed by atoms with Crippen LogP contribution in [0.4, 0.5) is 0 Å². The molecule has 0 radical (unpaired) electrons. The average molecular weight is 1570 g/mol. The predicted molar refractivity (Wildman–Crippen MR) is 514 cm³/mol. The van der Waals surface area contributed by atoms with Crippen LogP contribution in [0.1, 0.15) is 489 Å². The molecule has 0 aliphatic heterocycles. The standard InChI is InChI=1S/2C54H80Si2/c2*1-30(2)42-24-45(33(7)8)52(46(25-42)34(9)10)55(51-40(20)22-39(19)23-41(51)21)56(53-47(35(11)12)26-43(31(3)4)27-48(53)36(13)14)54-49(37(15)16)28-44(32(5)6)29-50(54)38(17)18/h2*22-38H,1-21H3. The van der Waals surface area contributed by atoms with Gasteiger partial charge in [0.25, 0.3) is 0 Å². The monoisotopic (exact) mass is 1570 g/mol. The van der Waals surface area contributed by atoms with Crippen LogP contribution in [0.3, 0.4) is 0 Å². The second-order valence-electron chi connectivity index (χ2n) is 40.3. The van der Waals surface area contributed by atoms with E-state index < -0.39 is 31.6 Å². The van der Waals surface area contributed by atoms with Gasteiger partial charge in [0, 0.05) is 0 Å². The summed E-state index contributed by atoms with van der Waals surface area (Å²) in [6.45, 7) is 103. The smallest absolute Gasteiger partial charge is 0.0587 e. The Morgan fingerprint density at radius 2 is 0.232 bits per heavy atom. The van der Waals surface area contributed by atoms with Crippen LogP contribution < -0.4 is 41.5 Å². The Hall–Kier alpha value is -5.37. The third-order valence-corrected chi connectivity index (χ3v) is 43.7. The van der Waals surface area contributed by atoms with Crippen molar-refractivity contribution in [3.63, 3.8) is 0 Å². The van der Waals surface area contributed by atoms with Gasteiger partial charge in [0.15, 0.2) is 0 Å². The number of benzene rings is 8. The molecule has 0 bridgehead atoms. The maximum atomic E-state index is 2.66. The van der Waals surface area contributed by atoms with Crippen molar-refractivity contribution in [1.82, 2.24) is 0 Å². The van der Waals surface area contributed by atoms with Crippen molar-refractivity contribution in [2.75, 3.05) is 0 Å². The van der Waals surface area contributed by atoms with Crippen LogP contribution in [-0.4, -0.2) is 31.6 Å². The van der Waals surface area contributed by atoms with Gasteiger partial charge in [-0.15, -0.1) is 0 Å². The molecule has 0 saturated heterocycles. The zero-order valence-corrected chi connectivity index (χ0v) is 83.6. The Bertz CT molecular complexity index is 4040. The molecule has 0 nitrogen and oxygen atoms in total. The molecule has 0 spiro atoms. The SMILES string of the molecule is Cc1cc(C)c([Si](c2c(C(C)C)cc(C(C)C)cc2C(C)C)=[Si](c2c(C(C)C)cc(C(C)C)cc2C(C)C)c2c(C(C)C)cc(C(C)C)cc2C(C)C)c(C)c1.Cc1cc(C)c([Si](c2c(C(C)C)cc(C(C)C)cc2C(C)C)=[Si](c2c(C(C)C)cc(C(C)C)cc2C(C)C)c2c(C(C)C)cc(C(C)C)cc2C(C)C)c(C)c1. The fourth-order valence-corrected chi connectivity index (χ4v) is 44.3. The third kappa shape index (κ3) is 20.4. The minimum Gasteiger partial charge on any atom is -0.0587 e. The zero-order chi connectivity index (χ0) is 84.5. The van der Waals surface area contributed by atoms with E-state index in [0.29, 0.717) is 107 Å². The quantitative estimate of drug-likeness (QED) is 0.0474. The topological polar surface area (TPSA) is 0 Å². The second kappa shape index (κ2) is 38.8. The lowest BCUT2D eigenvalue weighted by Gasteiger charge is -2.33. The summed E-state index contributed by atoms with van der Waals surface area (Å²) in [4.78, 5) is 0. The highest BCUT2D eigenvalue weighted by atomic mass is 28.9. The van der Waals surface area contributed by atoms with Crippen LogP contribution in [0.2, 0.25) is 0 Å². The van der Waals surface area contributed by atoms with Crippen LogP contribution in [0, 0.1) is 41.5 Å². The molecular weight excluding hydrogens is 1410 g/mol. The Labute approximate surface area is 696 Å². The first kappa shape index (κ1) is 93.8. The molecule has 0 atom stereocenters. The first-order chi connectivity index (χ1) is 52.0. The van der Waals surface area contributed by atoms with Crippen molar-refractivity contribution in [1.29, 1.82) is 0 Å². The normalized spacial score (nSPS) is 12.4. The van der Waals surface area contributed by atoms with E-state index in [4.69, 9.17) is 0 Å². The molecule has 0 aliphatic rings. The highest BCUT2D eigenvalue weighted by Crippen LogP contribution is 2.36. The fraction of sp³-hybridized carbons (Fsp3) is 0.556. The van der Waals surface area contributed by atoms with Crippen LogP contribution in [0.5, 0.6) is 0 Å². The van der Waals surface area contributed by atoms with Crippen molar-refractivity contribution in [3.05, 3.63) is 231 Å². The molecule has 0 N–H and O–H groups in total. The van der Waals surface area contributed by atoms with Crippen molar-refractivity contribution >= 4 is 73.1 Å². The number of rotatable bonds is 26. The van der Waals surface area contributed by atoms with Gasteiger partial charge >= 0.3 is 0 Å². The molecule has 0 fully saturated rings. The molecule has 8 rings (SSSR count). The third-order valence-electron chi connectivity index (χ3n) is 24.6. The Kier molecular flexibility index (Phi) is 32.5. The molecule has 8 aromatic rings. The van der Waals surface area contributed by atoms with E-state index in [1.807, 2.05) is 0 Å². The van der Waals surface area contributed by atoms with E-state index in [1.54, 1.807) is 108 Å². The summed E-state index contributed by atoms with van der Waals surface area (Å²) in [5.74, 6) is 7.91. The molecule has 0 saturated carbocycles. The molecule has 0 aliphatic carbocycles. The molecule has 0 aromatic heterocycles. The number of hydrogen-bond donors (Lipinski definition) is 0. The number of aryl methyl sites for hydroxylation is 6. The minimum absolute atomic E-state index is 0.419. The van der Waals surface area contributed by atoms with Gasteiger partial charge in [0.1, 0.15) is 0 Å². The summed E-state index contributed by atoms with van der Waals surface area (Å²) in [6.07, 6.45) is 0. The molecule has 112 heavy (non-hydrogen) atoms. The maximum absolute atomic E-state index is 2.66. The van der Waals surface area contributed by atoms with E-state index in [9.17, 15) is 0 Å². The minimum atomic E-state index is -1.52. The van der Waals surface area contributed by atoms with Gasteiger partial charge in [-0.3, -0.25) is 0 Å². The highest BCUT2D eigenvalue weighted by molar-refractivity contribution is 7.21. The van der Waals surface area contributed by atoms with Crippen molar-refractivity contribution < 1.29 is 0 Å². The van der Waals surface area contributed by atoms with Crippen LogP contribution in [0.25, 0.3) is 0 Å². The Morgan fingerprint density at radius 3 is 0.321 bits per heavy atom. The Balaban J connectivity index is 0.000000311. The average Bonchev–Trinajstić information content (AvgIpc) is 0.724. The van der Waals surface area contributed by atoms with Gasteiger partial charge in [-0.1, -0.05) is 357 Å². The Morgan fingerprint density at radius 1 is 0.134 bits per heavy atom. The van der Waals surface area contributed by atoms with Crippen LogP contribution >= 0.6 is 0 Å². The van der Waals surface area contributed by atoms with E-state index in [1.165, 1.54) is 66.8 Å². The van der Waals surface area contributed by atoms with Gasteiger partial charge in [0.2, 0.25) is 0 Å². The summed E-state index contributed by atoms with van der Waals surface area (Å²) in [7, 11) is -6.03. The van der Waals surface area contributed by atoms with Gasteiger partial charge in [0.05, 0.1) is 31.6 Å². The second-order valence-corrected chi connectivity index (χ2v) is 53.3. The highest BCUT2D eigenvalue weighted by Gasteiger charge is 2.38. The summed E-state index contributed by atoms with van der Waals surface area (Å²) in [5, 5.41) is 13.7. The molecule has 8 aromatic carbocycles.